The van der Waals surface area contributed by atoms with Crippen molar-refractivity contribution >= 4 is 17.2 Å². The van der Waals surface area contributed by atoms with Crippen LogP contribution in [0.5, 0.6) is 5.75 Å². The van der Waals surface area contributed by atoms with Crippen LogP contribution in [-0.2, 0) is 0 Å². The highest BCUT2D eigenvalue weighted by atomic mass is 32.1. The number of hydrogen-bond donors (Lipinski definition) is 2. The Balaban J connectivity index is 1.75. The zero-order valence-corrected chi connectivity index (χ0v) is 12.0. The summed E-state index contributed by atoms with van der Waals surface area (Å²) < 4.78 is 5.48. The van der Waals surface area contributed by atoms with Gasteiger partial charge in [0.15, 0.2) is 0 Å². The molecular weight excluding hydrogens is 274 g/mol. The second-order valence-electron chi connectivity index (χ2n) is 4.28. The maximum absolute atomic E-state index is 11.8. The van der Waals surface area contributed by atoms with Crippen LogP contribution in [0.4, 0.5) is 0 Å². The largest absolute Gasteiger partial charge is 0.492 e. The van der Waals surface area contributed by atoms with Crippen LogP contribution in [0.25, 0.3) is 0 Å². The molecule has 0 aliphatic rings. The molecule has 2 rings (SSSR count). The number of hydrogen-bond acceptors (Lipinski definition) is 5. The molecule has 6 heteroatoms. The number of carbonyl (C=O) groups is 1. The van der Waals surface area contributed by atoms with Gasteiger partial charge < -0.3 is 15.8 Å². The summed E-state index contributed by atoms with van der Waals surface area (Å²) in [4.78, 5) is 16.0. The molecule has 1 aromatic carbocycles. The first kappa shape index (κ1) is 14.5. The third-order valence-electron chi connectivity index (χ3n) is 2.54. The molecule has 0 radical (unpaired) electrons. The van der Waals surface area contributed by atoms with Gasteiger partial charge in [-0.2, -0.15) is 0 Å². The molecule has 0 saturated heterocycles. The monoisotopic (exact) mass is 291 g/mol. The van der Waals surface area contributed by atoms with Gasteiger partial charge in [0.1, 0.15) is 23.1 Å². The van der Waals surface area contributed by atoms with E-state index in [1.165, 1.54) is 11.3 Å². The third-order valence-corrected chi connectivity index (χ3v) is 3.59. The van der Waals surface area contributed by atoms with Crippen molar-refractivity contribution in [2.24, 2.45) is 5.73 Å². The molecular formula is C14H17N3O2S. The van der Waals surface area contributed by atoms with Crippen LogP contribution in [-0.4, -0.2) is 24.0 Å². The Kier molecular flexibility index (Phi) is 5.09. The lowest BCUT2D eigenvalue weighted by Crippen LogP contribution is -2.28. The smallest absolute Gasteiger partial charge is 0.270 e. The van der Waals surface area contributed by atoms with Crippen molar-refractivity contribution in [3.63, 3.8) is 0 Å². The molecule has 1 aromatic heterocycles. The lowest BCUT2D eigenvalue weighted by molar-refractivity contribution is 0.0942. The molecule has 0 aliphatic heterocycles. The minimum Gasteiger partial charge on any atom is -0.492 e. The molecule has 1 atom stereocenters. The van der Waals surface area contributed by atoms with E-state index in [4.69, 9.17) is 10.5 Å². The standard InChI is InChI=1S/C14H17N3O2S/c1-10(15)14-17-12(9-20-14)13(18)16-7-8-19-11-5-3-2-4-6-11/h2-6,9-10H,7-8,15H2,1H3,(H,16,18). The van der Waals surface area contributed by atoms with Crippen LogP contribution >= 0.6 is 11.3 Å². The summed E-state index contributed by atoms with van der Waals surface area (Å²) in [5.74, 6) is 0.583. The number of ether oxygens (including phenoxy) is 1. The van der Waals surface area contributed by atoms with Crippen LogP contribution in [0.15, 0.2) is 35.7 Å². The highest BCUT2D eigenvalue weighted by Gasteiger charge is 2.12. The number of thiazole rings is 1. The molecule has 0 bridgehead atoms. The van der Waals surface area contributed by atoms with Crippen LogP contribution in [0.1, 0.15) is 28.5 Å². The Morgan fingerprint density at radius 2 is 2.20 bits per heavy atom. The van der Waals surface area contributed by atoms with E-state index in [0.717, 1.165) is 10.8 Å². The maximum atomic E-state index is 11.8. The zero-order valence-electron chi connectivity index (χ0n) is 11.2. The first-order chi connectivity index (χ1) is 9.66. The van der Waals surface area contributed by atoms with Gasteiger partial charge in [-0.1, -0.05) is 18.2 Å². The predicted molar refractivity (Wildman–Crippen MR) is 79.0 cm³/mol. The number of benzene rings is 1. The lowest BCUT2D eigenvalue weighted by atomic mass is 10.3. The molecule has 0 aliphatic carbocycles. The molecule has 5 nitrogen and oxygen atoms in total. The van der Waals surface area contributed by atoms with Gasteiger partial charge in [0.25, 0.3) is 5.91 Å². The van der Waals surface area contributed by atoms with Crippen LogP contribution < -0.4 is 15.8 Å². The van der Waals surface area contributed by atoms with E-state index in [1.807, 2.05) is 37.3 Å². The molecule has 0 fully saturated rings. The maximum Gasteiger partial charge on any atom is 0.270 e. The number of aromatic nitrogens is 1. The summed E-state index contributed by atoms with van der Waals surface area (Å²) in [7, 11) is 0. The Bertz CT molecular complexity index is 555. The van der Waals surface area contributed by atoms with Crippen molar-refractivity contribution in [2.75, 3.05) is 13.2 Å². The second kappa shape index (κ2) is 7.02. The topological polar surface area (TPSA) is 77.2 Å². The highest BCUT2D eigenvalue weighted by Crippen LogP contribution is 2.15. The minimum atomic E-state index is -0.204. The Morgan fingerprint density at radius 1 is 1.45 bits per heavy atom. The first-order valence-electron chi connectivity index (χ1n) is 6.34. The second-order valence-corrected chi connectivity index (χ2v) is 5.17. The summed E-state index contributed by atoms with van der Waals surface area (Å²) in [5.41, 5.74) is 6.11. The van der Waals surface area contributed by atoms with Gasteiger partial charge in [0.05, 0.1) is 12.6 Å². The molecule has 2 aromatic rings. The Hall–Kier alpha value is -1.92. The molecule has 0 saturated carbocycles. The van der Waals surface area contributed by atoms with E-state index < -0.39 is 0 Å². The van der Waals surface area contributed by atoms with Crippen molar-refractivity contribution in [1.82, 2.24) is 10.3 Å². The van der Waals surface area contributed by atoms with Gasteiger partial charge in [-0.25, -0.2) is 4.98 Å². The van der Waals surface area contributed by atoms with Crippen molar-refractivity contribution in [2.45, 2.75) is 13.0 Å². The van der Waals surface area contributed by atoms with E-state index in [0.29, 0.717) is 18.8 Å². The molecule has 106 valence electrons. The summed E-state index contributed by atoms with van der Waals surface area (Å²) >= 11 is 1.39. The van der Waals surface area contributed by atoms with Crippen molar-refractivity contribution in [3.05, 3.63) is 46.4 Å². The van der Waals surface area contributed by atoms with Crippen molar-refractivity contribution in [3.8, 4) is 5.75 Å². The van der Waals surface area contributed by atoms with Gasteiger partial charge in [-0.15, -0.1) is 11.3 Å². The zero-order chi connectivity index (χ0) is 14.4. The molecule has 0 spiro atoms. The SMILES string of the molecule is CC(N)c1nc(C(=O)NCCOc2ccccc2)cs1. The van der Waals surface area contributed by atoms with E-state index >= 15 is 0 Å². The number of para-hydroxylation sites is 1. The normalized spacial score (nSPS) is 11.9. The van der Waals surface area contributed by atoms with Gasteiger partial charge in [0, 0.05) is 5.38 Å². The van der Waals surface area contributed by atoms with Crippen LogP contribution in [0.2, 0.25) is 0 Å². The first-order valence-corrected chi connectivity index (χ1v) is 7.22. The molecule has 1 unspecified atom stereocenters. The molecule has 3 N–H and O–H groups in total. The number of carbonyl (C=O) groups excluding carboxylic acids is 1. The highest BCUT2D eigenvalue weighted by molar-refractivity contribution is 7.09. The fourth-order valence-corrected chi connectivity index (χ4v) is 2.30. The van der Waals surface area contributed by atoms with Gasteiger partial charge in [0.2, 0.25) is 0 Å². The van der Waals surface area contributed by atoms with Gasteiger partial charge in [-0.3, -0.25) is 4.79 Å². The molecule has 1 heterocycles. The third kappa shape index (κ3) is 4.04. The minimum absolute atomic E-state index is 0.150. The molecule has 20 heavy (non-hydrogen) atoms. The van der Waals surface area contributed by atoms with Crippen LogP contribution in [0.3, 0.4) is 0 Å². The predicted octanol–water partition coefficient (Wildman–Crippen LogP) is 1.97. The Morgan fingerprint density at radius 3 is 2.85 bits per heavy atom. The van der Waals surface area contributed by atoms with Gasteiger partial charge >= 0.3 is 0 Å². The fourth-order valence-electron chi connectivity index (χ4n) is 1.54. The van der Waals surface area contributed by atoms with E-state index in [2.05, 4.69) is 10.3 Å². The summed E-state index contributed by atoms with van der Waals surface area (Å²) in [6, 6.07) is 9.32. The number of amides is 1. The Labute approximate surface area is 121 Å². The van der Waals surface area contributed by atoms with Crippen molar-refractivity contribution < 1.29 is 9.53 Å². The molecule has 1 amide bonds. The number of rotatable bonds is 6. The van der Waals surface area contributed by atoms with E-state index in [9.17, 15) is 4.79 Å². The average molecular weight is 291 g/mol. The summed E-state index contributed by atoms with van der Waals surface area (Å²) in [6.45, 7) is 2.69. The fraction of sp³-hybridized carbons (Fsp3) is 0.286. The summed E-state index contributed by atoms with van der Waals surface area (Å²) in [5, 5.41) is 5.24. The van der Waals surface area contributed by atoms with Crippen LogP contribution in [0, 0.1) is 0 Å². The van der Waals surface area contributed by atoms with Crippen molar-refractivity contribution in [1.29, 1.82) is 0 Å². The number of nitrogens with one attached hydrogen (secondary N) is 1. The lowest BCUT2D eigenvalue weighted by Gasteiger charge is -2.06. The quantitative estimate of drug-likeness (QED) is 0.798. The number of nitrogens with two attached hydrogens (primary N) is 1. The van der Waals surface area contributed by atoms with Gasteiger partial charge in [-0.05, 0) is 19.1 Å². The number of nitrogens with zero attached hydrogens (tertiary/aromatic N) is 1. The average Bonchev–Trinajstić information content (AvgIpc) is 2.94. The van der Waals surface area contributed by atoms with E-state index in [1.54, 1.807) is 5.38 Å². The summed E-state index contributed by atoms with van der Waals surface area (Å²) in [6.07, 6.45) is 0. The van der Waals surface area contributed by atoms with E-state index in [-0.39, 0.29) is 11.9 Å².